The minimum absolute atomic E-state index is 0.0767. The Labute approximate surface area is 87.2 Å². The second kappa shape index (κ2) is 6.82. The molecule has 84 valence electrons. The number of rotatable bonds is 6. The van der Waals surface area contributed by atoms with Gasteiger partial charge in [-0.05, 0) is 25.8 Å². The van der Waals surface area contributed by atoms with Crippen LogP contribution in [0, 0.1) is 11.8 Å². The molecule has 0 heterocycles. The predicted molar refractivity (Wildman–Crippen MR) is 58.1 cm³/mol. The minimum atomic E-state index is -0.144. The third kappa shape index (κ3) is 5.22. The van der Waals surface area contributed by atoms with Gasteiger partial charge in [0.05, 0.1) is 13.0 Å². The average molecular weight is 201 g/mol. The van der Waals surface area contributed by atoms with E-state index in [0.717, 1.165) is 13.0 Å². The Morgan fingerprint density at radius 2 is 1.86 bits per heavy atom. The van der Waals surface area contributed by atoms with Crippen molar-refractivity contribution in [1.29, 1.82) is 0 Å². The van der Waals surface area contributed by atoms with E-state index in [9.17, 15) is 4.79 Å². The molecule has 3 nitrogen and oxygen atoms in total. The molecule has 0 saturated carbocycles. The number of nitrogens with one attached hydrogen (secondary N) is 1. The fourth-order valence-corrected chi connectivity index (χ4v) is 1.17. The van der Waals surface area contributed by atoms with Crippen molar-refractivity contribution < 1.29 is 9.53 Å². The summed E-state index contributed by atoms with van der Waals surface area (Å²) in [5.41, 5.74) is 0. The summed E-state index contributed by atoms with van der Waals surface area (Å²) in [5, 5.41) is 3.33. The molecule has 0 spiro atoms. The molecule has 0 aromatic rings. The lowest BCUT2D eigenvalue weighted by atomic mass is 10.0. The summed E-state index contributed by atoms with van der Waals surface area (Å²) in [6, 6.07) is 0.182. The van der Waals surface area contributed by atoms with E-state index in [-0.39, 0.29) is 17.9 Å². The highest BCUT2D eigenvalue weighted by molar-refractivity contribution is 5.72. The van der Waals surface area contributed by atoms with Gasteiger partial charge in [-0.2, -0.15) is 0 Å². The van der Waals surface area contributed by atoms with Crippen LogP contribution in [0.3, 0.4) is 0 Å². The number of ether oxygens (including phenoxy) is 1. The normalized spacial score (nSPS) is 15.3. The molecule has 0 rings (SSSR count). The summed E-state index contributed by atoms with van der Waals surface area (Å²) >= 11 is 0. The maximum absolute atomic E-state index is 11.2. The molecule has 0 aromatic carbocycles. The van der Waals surface area contributed by atoms with Gasteiger partial charge in [-0.15, -0.1) is 0 Å². The van der Waals surface area contributed by atoms with Crippen molar-refractivity contribution in [1.82, 2.24) is 5.32 Å². The topological polar surface area (TPSA) is 38.3 Å². The molecule has 14 heavy (non-hydrogen) atoms. The number of carbonyl (C=O) groups is 1. The number of hydrogen-bond donors (Lipinski definition) is 1. The van der Waals surface area contributed by atoms with E-state index >= 15 is 0 Å². The van der Waals surface area contributed by atoms with Gasteiger partial charge in [0.2, 0.25) is 0 Å². The molecular weight excluding hydrogens is 178 g/mol. The Morgan fingerprint density at radius 1 is 1.29 bits per heavy atom. The lowest BCUT2D eigenvalue weighted by molar-refractivity contribution is -0.145. The van der Waals surface area contributed by atoms with E-state index in [2.05, 4.69) is 23.9 Å². The van der Waals surface area contributed by atoms with Crippen molar-refractivity contribution >= 4 is 5.97 Å². The van der Waals surface area contributed by atoms with Crippen LogP contribution in [-0.4, -0.2) is 25.7 Å². The highest BCUT2D eigenvalue weighted by atomic mass is 16.5. The van der Waals surface area contributed by atoms with Crippen LogP contribution in [0.1, 0.15) is 34.1 Å². The van der Waals surface area contributed by atoms with Gasteiger partial charge in [0.25, 0.3) is 0 Å². The second-order valence-corrected chi connectivity index (χ2v) is 4.24. The van der Waals surface area contributed by atoms with Gasteiger partial charge in [0.15, 0.2) is 0 Å². The Bertz CT molecular complexity index is 169. The zero-order valence-electron chi connectivity index (χ0n) is 9.96. The summed E-state index contributed by atoms with van der Waals surface area (Å²) in [6.07, 6.45) is 1.14. The fraction of sp³-hybridized carbons (Fsp3) is 0.909. The predicted octanol–water partition coefficient (Wildman–Crippen LogP) is 1.82. The van der Waals surface area contributed by atoms with Crippen LogP contribution in [0.4, 0.5) is 0 Å². The molecule has 2 atom stereocenters. The van der Waals surface area contributed by atoms with Crippen molar-refractivity contribution in [2.75, 3.05) is 13.7 Å². The van der Waals surface area contributed by atoms with Gasteiger partial charge in [-0.25, -0.2) is 0 Å². The smallest absolute Gasteiger partial charge is 0.309 e. The maximum atomic E-state index is 11.2. The zero-order chi connectivity index (χ0) is 11.1. The molecule has 0 amide bonds. The molecule has 2 unspecified atom stereocenters. The van der Waals surface area contributed by atoms with Gasteiger partial charge in [0, 0.05) is 6.04 Å². The van der Waals surface area contributed by atoms with Crippen LogP contribution in [0.25, 0.3) is 0 Å². The van der Waals surface area contributed by atoms with E-state index in [1.165, 1.54) is 7.11 Å². The van der Waals surface area contributed by atoms with Gasteiger partial charge >= 0.3 is 5.97 Å². The zero-order valence-corrected chi connectivity index (χ0v) is 9.96. The van der Waals surface area contributed by atoms with Crippen LogP contribution in [0.5, 0.6) is 0 Å². The Morgan fingerprint density at radius 3 is 2.29 bits per heavy atom. The van der Waals surface area contributed by atoms with Crippen LogP contribution in [-0.2, 0) is 9.53 Å². The SMILES string of the molecule is COC(=O)C(C)C(C)NCCC(C)C. The first-order chi connectivity index (χ1) is 6.49. The van der Waals surface area contributed by atoms with Crippen molar-refractivity contribution in [3.05, 3.63) is 0 Å². The third-order valence-electron chi connectivity index (χ3n) is 2.51. The Kier molecular flexibility index (Phi) is 6.54. The molecule has 1 N–H and O–H groups in total. The Hall–Kier alpha value is -0.570. The van der Waals surface area contributed by atoms with Crippen molar-refractivity contribution in [2.45, 2.75) is 40.2 Å². The molecule has 3 heteroatoms. The Balaban J connectivity index is 3.72. The van der Waals surface area contributed by atoms with Crippen LogP contribution in [0.2, 0.25) is 0 Å². The molecule has 0 aliphatic rings. The monoisotopic (exact) mass is 201 g/mol. The lowest BCUT2D eigenvalue weighted by Crippen LogP contribution is -2.37. The lowest BCUT2D eigenvalue weighted by Gasteiger charge is -2.19. The largest absolute Gasteiger partial charge is 0.469 e. The molecule has 0 fully saturated rings. The van der Waals surface area contributed by atoms with Crippen LogP contribution >= 0.6 is 0 Å². The van der Waals surface area contributed by atoms with Crippen LogP contribution in [0.15, 0.2) is 0 Å². The average Bonchev–Trinajstić information content (AvgIpc) is 2.14. The molecule has 0 aliphatic carbocycles. The first-order valence-electron chi connectivity index (χ1n) is 5.30. The second-order valence-electron chi connectivity index (χ2n) is 4.24. The van der Waals surface area contributed by atoms with Gasteiger partial charge in [0.1, 0.15) is 0 Å². The van der Waals surface area contributed by atoms with Crippen molar-refractivity contribution in [3.63, 3.8) is 0 Å². The quantitative estimate of drug-likeness (QED) is 0.666. The molecule has 0 radical (unpaired) electrons. The van der Waals surface area contributed by atoms with E-state index < -0.39 is 0 Å². The first kappa shape index (κ1) is 13.4. The number of methoxy groups -OCH3 is 1. The van der Waals surface area contributed by atoms with Gasteiger partial charge < -0.3 is 10.1 Å². The molecule has 0 aromatic heterocycles. The molecule has 0 saturated heterocycles. The summed E-state index contributed by atoms with van der Waals surface area (Å²) in [5.74, 6) is 0.477. The standard InChI is InChI=1S/C11H23NO2/c1-8(2)6-7-12-10(4)9(3)11(13)14-5/h8-10,12H,6-7H2,1-5H3. The summed E-state index contributed by atoms with van der Waals surface area (Å²) in [6.45, 7) is 9.24. The third-order valence-corrected chi connectivity index (χ3v) is 2.51. The highest BCUT2D eigenvalue weighted by Gasteiger charge is 2.19. The maximum Gasteiger partial charge on any atom is 0.309 e. The summed E-state index contributed by atoms with van der Waals surface area (Å²) in [7, 11) is 1.43. The molecule has 0 bridgehead atoms. The summed E-state index contributed by atoms with van der Waals surface area (Å²) < 4.78 is 4.68. The number of esters is 1. The van der Waals surface area contributed by atoms with E-state index in [1.54, 1.807) is 0 Å². The number of carbonyl (C=O) groups excluding carboxylic acids is 1. The first-order valence-corrected chi connectivity index (χ1v) is 5.30. The van der Waals surface area contributed by atoms with Gasteiger partial charge in [-0.1, -0.05) is 20.8 Å². The minimum Gasteiger partial charge on any atom is -0.469 e. The molecule has 0 aliphatic heterocycles. The van der Waals surface area contributed by atoms with E-state index in [0.29, 0.717) is 5.92 Å². The number of hydrogen-bond acceptors (Lipinski definition) is 3. The summed E-state index contributed by atoms with van der Waals surface area (Å²) in [4.78, 5) is 11.2. The van der Waals surface area contributed by atoms with Crippen molar-refractivity contribution in [2.24, 2.45) is 11.8 Å². The van der Waals surface area contributed by atoms with Gasteiger partial charge in [-0.3, -0.25) is 4.79 Å². The van der Waals surface area contributed by atoms with E-state index in [1.807, 2.05) is 13.8 Å². The fourth-order valence-electron chi connectivity index (χ4n) is 1.17. The van der Waals surface area contributed by atoms with Crippen LogP contribution < -0.4 is 5.32 Å². The van der Waals surface area contributed by atoms with Crippen molar-refractivity contribution in [3.8, 4) is 0 Å². The highest BCUT2D eigenvalue weighted by Crippen LogP contribution is 2.05. The van der Waals surface area contributed by atoms with E-state index in [4.69, 9.17) is 0 Å². The molecular formula is C11H23NO2.